The summed E-state index contributed by atoms with van der Waals surface area (Å²) >= 11 is 4.42. The summed E-state index contributed by atoms with van der Waals surface area (Å²) in [4.78, 5) is 26.4. The zero-order valence-corrected chi connectivity index (χ0v) is 20.1. The summed E-state index contributed by atoms with van der Waals surface area (Å²) < 4.78 is 30.4. The fraction of sp³-hybridized carbons (Fsp3) is 0.304. The Labute approximate surface area is 198 Å². The predicted octanol–water partition coefficient (Wildman–Crippen LogP) is 5.64. The molecule has 0 saturated carbocycles. The zero-order chi connectivity index (χ0) is 23.1. The molecule has 2 aromatic carbocycles. The highest BCUT2D eigenvalue weighted by Crippen LogP contribution is 2.39. The van der Waals surface area contributed by atoms with E-state index in [0.717, 1.165) is 17.3 Å². The van der Waals surface area contributed by atoms with Gasteiger partial charge in [-0.2, -0.15) is 0 Å². The smallest absolute Gasteiger partial charge is 0.293 e. The second-order valence-corrected chi connectivity index (χ2v) is 8.71. The molecular formula is C23H23BrFNO5S. The van der Waals surface area contributed by atoms with E-state index in [2.05, 4.69) is 15.9 Å². The van der Waals surface area contributed by atoms with Gasteiger partial charge in [0.05, 0.1) is 16.0 Å². The number of carbonyl (C=O) groups is 2. The van der Waals surface area contributed by atoms with Gasteiger partial charge in [-0.05, 0) is 82.5 Å². The van der Waals surface area contributed by atoms with E-state index in [4.69, 9.17) is 14.2 Å². The standard InChI is InChI=1S/C23H23BrFNO5S/c1-3-30-19-12-16(13-20-22(27)26(23(28)32-20)9-4-10-29-2)11-18(24)21(19)31-14-15-5-7-17(25)8-6-15/h5-8,11-13H,3-4,9-10,14H2,1-2H3/b20-13+. The van der Waals surface area contributed by atoms with Gasteiger partial charge in [0.25, 0.3) is 11.1 Å². The molecule has 170 valence electrons. The highest BCUT2D eigenvalue weighted by Gasteiger charge is 2.34. The van der Waals surface area contributed by atoms with Gasteiger partial charge in [-0.15, -0.1) is 0 Å². The molecule has 2 aromatic rings. The summed E-state index contributed by atoms with van der Waals surface area (Å²) in [6, 6.07) is 9.61. The molecule has 0 bridgehead atoms. The minimum Gasteiger partial charge on any atom is -0.490 e. The third kappa shape index (κ3) is 6.11. The minimum absolute atomic E-state index is 0.235. The highest BCUT2D eigenvalue weighted by atomic mass is 79.9. The maximum absolute atomic E-state index is 13.1. The average molecular weight is 524 g/mol. The molecule has 1 saturated heterocycles. The first-order valence-corrected chi connectivity index (χ1v) is 11.6. The SMILES string of the molecule is CCOc1cc(/C=C2/SC(=O)N(CCCOC)C2=O)cc(Br)c1OCc1ccc(F)cc1. The van der Waals surface area contributed by atoms with Crippen LogP contribution in [0.25, 0.3) is 6.08 Å². The number of thioether (sulfide) groups is 1. The van der Waals surface area contributed by atoms with Crippen molar-refractivity contribution < 1.29 is 28.2 Å². The lowest BCUT2D eigenvalue weighted by molar-refractivity contribution is -0.122. The Hall–Kier alpha value is -2.36. The number of carbonyl (C=O) groups excluding carboxylic acids is 2. The fourth-order valence-corrected chi connectivity index (χ4v) is 4.46. The van der Waals surface area contributed by atoms with Crippen molar-refractivity contribution in [1.29, 1.82) is 0 Å². The van der Waals surface area contributed by atoms with Gasteiger partial charge in [-0.3, -0.25) is 14.5 Å². The van der Waals surface area contributed by atoms with E-state index >= 15 is 0 Å². The van der Waals surface area contributed by atoms with Crippen LogP contribution in [0.1, 0.15) is 24.5 Å². The Morgan fingerprint density at radius 1 is 1.16 bits per heavy atom. The Morgan fingerprint density at radius 2 is 1.91 bits per heavy atom. The molecule has 1 aliphatic heterocycles. The number of imide groups is 1. The Bertz CT molecular complexity index is 1010. The number of hydrogen-bond donors (Lipinski definition) is 0. The van der Waals surface area contributed by atoms with E-state index < -0.39 is 0 Å². The molecule has 0 unspecified atom stereocenters. The van der Waals surface area contributed by atoms with E-state index in [1.54, 1.807) is 37.5 Å². The first-order chi connectivity index (χ1) is 15.4. The first-order valence-electron chi connectivity index (χ1n) is 10.0. The lowest BCUT2D eigenvalue weighted by Crippen LogP contribution is -2.29. The third-order valence-electron chi connectivity index (χ3n) is 4.53. The Morgan fingerprint density at radius 3 is 2.59 bits per heavy atom. The topological polar surface area (TPSA) is 65.1 Å². The molecule has 32 heavy (non-hydrogen) atoms. The van der Waals surface area contributed by atoms with Crippen molar-refractivity contribution in [2.24, 2.45) is 0 Å². The zero-order valence-electron chi connectivity index (χ0n) is 17.7. The molecule has 6 nitrogen and oxygen atoms in total. The number of amides is 2. The number of methoxy groups -OCH3 is 1. The van der Waals surface area contributed by atoms with E-state index in [9.17, 15) is 14.0 Å². The molecule has 1 fully saturated rings. The average Bonchev–Trinajstić information content (AvgIpc) is 3.02. The Balaban J connectivity index is 1.80. The van der Waals surface area contributed by atoms with E-state index in [0.29, 0.717) is 52.6 Å². The first kappa shape index (κ1) is 24.3. The molecule has 9 heteroatoms. The maximum atomic E-state index is 13.1. The van der Waals surface area contributed by atoms with Gasteiger partial charge in [0.1, 0.15) is 12.4 Å². The van der Waals surface area contributed by atoms with Gasteiger partial charge >= 0.3 is 0 Å². The monoisotopic (exact) mass is 523 g/mol. The van der Waals surface area contributed by atoms with Crippen LogP contribution in [0.5, 0.6) is 11.5 Å². The van der Waals surface area contributed by atoms with Crippen LogP contribution in [0.2, 0.25) is 0 Å². The van der Waals surface area contributed by atoms with Crippen LogP contribution in [0, 0.1) is 5.82 Å². The lowest BCUT2D eigenvalue weighted by atomic mass is 10.1. The van der Waals surface area contributed by atoms with Crippen LogP contribution in [-0.2, 0) is 16.1 Å². The van der Waals surface area contributed by atoms with Gasteiger partial charge in [-0.1, -0.05) is 12.1 Å². The summed E-state index contributed by atoms with van der Waals surface area (Å²) in [5.74, 6) is 0.370. The minimum atomic E-state index is -0.318. The second-order valence-electron chi connectivity index (χ2n) is 6.86. The maximum Gasteiger partial charge on any atom is 0.293 e. The molecule has 0 spiro atoms. The van der Waals surface area contributed by atoms with Crippen molar-refractivity contribution in [3.8, 4) is 11.5 Å². The number of benzene rings is 2. The predicted molar refractivity (Wildman–Crippen MR) is 125 cm³/mol. The molecule has 0 aromatic heterocycles. The molecule has 0 N–H and O–H groups in total. The van der Waals surface area contributed by atoms with Crippen LogP contribution in [-0.4, -0.2) is 42.9 Å². The summed E-state index contributed by atoms with van der Waals surface area (Å²) in [7, 11) is 1.58. The summed E-state index contributed by atoms with van der Waals surface area (Å²) in [5, 5.41) is -0.291. The summed E-state index contributed by atoms with van der Waals surface area (Å²) in [6.45, 7) is 3.30. The van der Waals surface area contributed by atoms with Gasteiger partial charge in [0, 0.05) is 20.3 Å². The molecule has 0 aliphatic carbocycles. The fourth-order valence-electron chi connectivity index (χ4n) is 3.02. The van der Waals surface area contributed by atoms with Crippen molar-refractivity contribution in [3.63, 3.8) is 0 Å². The van der Waals surface area contributed by atoms with Gasteiger partial charge in [-0.25, -0.2) is 4.39 Å². The summed E-state index contributed by atoms with van der Waals surface area (Å²) in [6.07, 6.45) is 2.25. The van der Waals surface area contributed by atoms with Gasteiger partial charge in [0.15, 0.2) is 11.5 Å². The summed E-state index contributed by atoms with van der Waals surface area (Å²) in [5.41, 5.74) is 1.50. The third-order valence-corrected chi connectivity index (χ3v) is 6.03. The van der Waals surface area contributed by atoms with Crippen molar-refractivity contribution in [2.45, 2.75) is 20.0 Å². The van der Waals surface area contributed by atoms with Crippen molar-refractivity contribution in [2.75, 3.05) is 26.9 Å². The van der Waals surface area contributed by atoms with Gasteiger partial charge < -0.3 is 14.2 Å². The molecule has 3 rings (SSSR count). The number of hydrogen-bond acceptors (Lipinski definition) is 6. The lowest BCUT2D eigenvalue weighted by Gasteiger charge is -2.15. The van der Waals surface area contributed by atoms with Crippen LogP contribution in [0.3, 0.4) is 0 Å². The molecular weight excluding hydrogens is 501 g/mol. The van der Waals surface area contributed by atoms with Crippen molar-refractivity contribution in [1.82, 2.24) is 4.90 Å². The quantitative estimate of drug-likeness (QED) is 0.296. The van der Waals surface area contributed by atoms with Gasteiger partial charge in [0.2, 0.25) is 0 Å². The molecule has 2 amide bonds. The number of rotatable bonds is 10. The van der Waals surface area contributed by atoms with Crippen LogP contribution < -0.4 is 9.47 Å². The van der Waals surface area contributed by atoms with Crippen molar-refractivity contribution in [3.05, 3.63) is 62.7 Å². The molecule has 1 aliphatic rings. The van der Waals surface area contributed by atoms with E-state index in [1.807, 2.05) is 6.92 Å². The highest BCUT2D eigenvalue weighted by molar-refractivity contribution is 9.10. The number of nitrogens with zero attached hydrogens (tertiary/aromatic N) is 1. The molecule has 0 radical (unpaired) electrons. The number of halogens is 2. The van der Waals surface area contributed by atoms with Crippen molar-refractivity contribution >= 4 is 44.9 Å². The Kier molecular flexibility index (Phi) is 8.72. The largest absolute Gasteiger partial charge is 0.490 e. The number of ether oxygens (including phenoxy) is 3. The van der Waals surface area contributed by atoms with E-state index in [1.165, 1.54) is 17.0 Å². The van der Waals surface area contributed by atoms with E-state index in [-0.39, 0.29) is 23.6 Å². The van der Waals surface area contributed by atoms with Crippen LogP contribution in [0.15, 0.2) is 45.8 Å². The normalized spacial score (nSPS) is 15.0. The van der Waals surface area contributed by atoms with Crippen LogP contribution >= 0.6 is 27.7 Å². The second kappa shape index (κ2) is 11.5. The van der Waals surface area contributed by atoms with Crippen LogP contribution in [0.4, 0.5) is 9.18 Å². The molecule has 0 atom stereocenters. The molecule has 1 heterocycles.